The van der Waals surface area contributed by atoms with Crippen LogP contribution in [-0.2, 0) is 4.79 Å². The van der Waals surface area contributed by atoms with Gasteiger partial charge in [-0.1, -0.05) is 25.4 Å². The minimum absolute atomic E-state index is 0.0767. The predicted molar refractivity (Wildman–Crippen MR) is 76.8 cm³/mol. The fourth-order valence-electron chi connectivity index (χ4n) is 1.77. The summed E-state index contributed by atoms with van der Waals surface area (Å²) >= 11 is 5.79. The van der Waals surface area contributed by atoms with E-state index in [1.165, 1.54) is 0 Å². The quantitative estimate of drug-likeness (QED) is 0.808. The highest BCUT2D eigenvalue weighted by Gasteiger charge is 2.09. The maximum Gasteiger partial charge on any atom is 0.238 e. The van der Waals surface area contributed by atoms with E-state index in [1.54, 1.807) is 18.2 Å². The molecule has 0 aromatic heterocycles. The predicted octanol–water partition coefficient (Wildman–Crippen LogP) is 2.45. The van der Waals surface area contributed by atoms with Crippen molar-refractivity contribution in [2.45, 2.75) is 13.8 Å². The Morgan fingerprint density at radius 1 is 1.50 bits per heavy atom. The summed E-state index contributed by atoms with van der Waals surface area (Å²) in [6.45, 7) is 5.46. The summed E-state index contributed by atoms with van der Waals surface area (Å²) in [5, 5.41) is 3.34. The molecule has 3 N–H and O–H groups in total. The molecule has 100 valence electrons. The molecule has 1 amide bonds. The Balaban J connectivity index is 2.54. The molecule has 0 aliphatic rings. The van der Waals surface area contributed by atoms with Crippen molar-refractivity contribution in [1.29, 1.82) is 0 Å². The molecule has 0 saturated heterocycles. The molecule has 0 bridgehead atoms. The molecule has 0 fully saturated rings. The van der Waals surface area contributed by atoms with Gasteiger partial charge in [0.25, 0.3) is 0 Å². The lowest BCUT2D eigenvalue weighted by atomic mass is 10.2. The van der Waals surface area contributed by atoms with Crippen LogP contribution in [0, 0.1) is 5.92 Å². The van der Waals surface area contributed by atoms with Crippen LogP contribution in [0.4, 0.5) is 11.4 Å². The molecule has 1 rings (SSSR count). The standard InChI is InChI=1S/C13H20ClN3O/c1-9(2)7-17(3)8-13(18)16-12-5-4-10(14)6-11(12)15/h4-6,9H,7-8,15H2,1-3H3,(H,16,18). The number of anilines is 2. The summed E-state index contributed by atoms with van der Waals surface area (Å²) in [6.07, 6.45) is 0. The highest BCUT2D eigenvalue weighted by molar-refractivity contribution is 6.31. The number of carbonyl (C=O) groups is 1. The van der Waals surface area contributed by atoms with E-state index < -0.39 is 0 Å². The number of carbonyl (C=O) groups excluding carboxylic acids is 1. The van der Waals surface area contributed by atoms with Crippen molar-refractivity contribution in [3.63, 3.8) is 0 Å². The fraction of sp³-hybridized carbons (Fsp3) is 0.462. The highest BCUT2D eigenvalue weighted by atomic mass is 35.5. The third-order valence-electron chi connectivity index (χ3n) is 2.38. The molecule has 0 saturated carbocycles. The first-order valence-electron chi connectivity index (χ1n) is 5.92. The van der Waals surface area contributed by atoms with Crippen molar-refractivity contribution < 1.29 is 4.79 Å². The second-order valence-electron chi connectivity index (χ2n) is 4.87. The number of benzene rings is 1. The molecule has 0 radical (unpaired) electrons. The number of halogens is 1. The van der Waals surface area contributed by atoms with Crippen molar-refractivity contribution in [1.82, 2.24) is 4.90 Å². The van der Waals surface area contributed by atoms with Crippen LogP contribution in [0.3, 0.4) is 0 Å². The van der Waals surface area contributed by atoms with E-state index in [1.807, 2.05) is 11.9 Å². The molecule has 5 heteroatoms. The highest BCUT2D eigenvalue weighted by Crippen LogP contribution is 2.22. The molecular weight excluding hydrogens is 250 g/mol. The largest absolute Gasteiger partial charge is 0.397 e. The average molecular weight is 270 g/mol. The number of nitrogen functional groups attached to an aromatic ring is 1. The Labute approximate surface area is 113 Å². The summed E-state index contributed by atoms with van der Waals surface area (Å²) < 4.78 is 0. The Morgan fingerprint density at radius 2 is 2.17 bits per heavy atom. The monoisotopic (exact) mass is 269 g/mol. The molecule has 0 atom stereocenters. The minimum atomic E-state index is -0.0767. The molecule has 1 aromatic rings. The molecule has 1 aromatic carbocycles. The van der Waals surface area contributed by atoms with Crippen LogP contribution in [0.25, 0.3) is 0 Å². The third kappa shape index (κ3) is 4.94. The van der Waals surface area contributed by atoms with Gasteiger partial charge in [-0.3, -0.25) is 9.69 Å². The van der Waals surface area contributed by atoms with Gasteiger partial charge in [-0.25, -0.2) is 0 Å². The number of amides is 1. The first-order valence-corrected chi connectivity index (χ1v) is 6.29. The van der Waals surface area contributed by atoms with Gasteiger partial charge >= 0.3 is 0 Å². The zero-order chi connectivity index (χ0) is 13.7. The molecule has 18 heavy (non-hydrogen) atoms. The number of rotatable bonds is 5. The SMILES string of the molecule is CC(C)CN(C)CC(=O)Nc1ccc(Cl)cc1N. The number of nitrogens with two attached hydrogens (primary N) is 1. The van der Waals surface area contributed by atoms with Crippen LogP contribution < -0.4 is 11.1 Å². The van der Waals surface area contributed by atoms with E-state index >= 15 is 0 Å². The van der Waals surface area contributed by atoms with Gasteiger partial charge in [0, 0.05) is 11.6 Å². The zero-order valence-corrected chi connectivity index (χ0v) is 11.8. The fourth-order valence-corrected chi connectivity index (χ4v) is 1.95. The topological polar surface area (TPSA) is 58.4 Å². The second kappa shape index (κ2) is 6.61. The Kier molecular flexibility index (Phi) is 5.44. The molecule has 0 aliphatic carbocycles. The Bertz CT molecular complexity index is 421. The van der Waals surface area contributed by atoms with Gasteiger partial charge in [-0.15, -0.1) is 0 Å². The lowest BCUT2D eigenvalue weighted by Crippen LogP contribution is -2.32. The lowest BCUT2D eigenvalue weighted by Gasteiger charge is -2.18. The summed E-state index contributed by atoms with van der Waals surface area (Å²) in [5.41, 5.74) is 6.84. The van der Waals surface area contributed by atoms with Crippen molar-refractivity contribution in [3.05, 3.63) is 23.2 Å². The van der Waals surface area contributed by atoms with Gasteiger partial charge in [-0.05, 0) is 31.2 Å². The number of hydrogen-bond acceptors (Lipinski definition) is 3. The van der Waals surface area contributed by atoms with E-state index in [2.05, 4.69) is 19.2 Å². The molecule has 0 spiro atoms. The van der Waals surface area contributed by atoms with Gasteiger partial charge < -0.3 is 11.1 Å². The normalized spacial score (nSPS) is 11.0. The summed E-state index contributed by atoms with van der Waals surface area (Å²) in [6, 6.07) is 5.03. The number of nitrogens with zero attached hydrogens (tertiary/aromatic N) is 1. The number of hydrogen-bond donors (Lipinski definition) is 2. The van der Waals surface area contributed by atoms with Gasteiger partial charge in [0.15, 0.2) is 0 Å². The van der Waals surface area contributed by atoms with Crippen LogP contribution >= 0.6 is 11.6 Å². The van der Waals surface area contributed by atoms with Gasteiger partial charge in [0.05, 0.1) is 17.9 Å². The van der Waals surface area contributed by atoms with Gasteiger partial charge in [-0.2, -0.15) is 0 Å². The average Bonchev–Trinajstić information content (AvgIpc) is 2.20. The van der Waals surface area contributed by atoms with Crippen molar-refractivity contribution in [2.75, 3.05) is 31.2 Å². The van der Waals surface area contributed by atoms with E-state index in [-0.39, 0.29) is 5.91 Å². The van der Waals surface area contributed by atoms with Crippen LogP contribution in [-0.4, -0.2) is 30.9 Å². The molecule has 0 unspecified atom stereocenters. The minimum Gasteiger partial charge on any atom is -0.397 e. The van der Waals surface area contributed by atoms with Gasteiger partial charge in [0.1, 0.15) is 0 Å². The van der Waals surface area contributed by atoms with Gasteiger partial charge in [0.2, 0.25) is 5.91 Å². The van der Waals surface area contributed by atoms with Crippen molar-refractivity contribution in [2.24, 2.45) is 5.92 Å². The molecule has 0 heterocycles. The van der Waals surface area contributed by atoms with E-state index in [0.717, 1.165) is 6.54 Å². The Morgan fingerprint density at radius 3 is 2.72 bits per heavy atom. The van der Waals surface area contributed by atoms with E-state index in [4.69, 9.17) is 17.3 Å². The lowest BCUT2D eigenvalue weighted by molar-refractivity contribution is -0.117. The van der Waals surface area contributed by atoms with Crippen LogP contribution in [0.1, 0.15) is 13.8 Å². The number of likely N-dealkylation sites (N-methyl/N-ethyl adjacent to an activating group) is 1. The maximum absolute atomic E-state index is 11.8. The molecular formula is C13H20ClN3O. The summed E-state index contributed by atoms with van der Waals surface area (Å²) in [4.78, 5) is 13.8. The zero-order valence-electron chi connectivity index (χ0n) is 11.0. The maximum atomic E-state index is 11.8. The first-order chi connectivity index (χ1) is 8.38. The summed E-state index contributed by atoms with van der Waals surface area (Å²) in [5.74, 6) is 0.454. The van der Waals surface area contributed by atoms with E-state index in [0.29, 0.717) is 28.9 Å². The van der Waals surface area contributed by atoms with Crippen molar-refractivity contribution in [3.8, 4) is 0 Å². The third-order valence-corrected chi connectivity index (χ3v) is 2.61. The molecule has 4 nitrogen and oxygen atoms in total. The second-order valence-corrected chi connectivity index (χ2v) is 5.31. The summed E-state index contributed by atoms with van der Waals surface area (Å²) in [7, 11) is 1.92. The van der Waals surface area contributed by atoms with Crippen LogP contribution in [0.2, 0.25) is 5.02 Å². The number of nitrogens with one attached hydrogen (secondary N) is 1. The Hall–Kier alpha value is -1.26. The van der Waals surface area contributed by atoms with Crippen LogP contribution in [0.5, 0.6) is 0 Å². The smallest absolute Gasteiger partial charge is 0.238 e. The van der Waals surface area contributed by atoms with Crippen molar-refractivity contribution >= 4 is 28.9 Å². The molecule has 0 aliphatic heterocycles. The first kappa shape index (κ1) is 14.8. The van der Waals surface area contributed by atoms with E-state index in [9.17, 15) is 4.79 Å². The van der Waals surface area contributed by atoms with Crippen LogP contribution in [0.15, 0.2) is 18.2 Å².